The van der Waals surface area contributed by atoms with Crippen LogP contribution >= 0.6 is 0 Å². The smallest absolute Gasteiger partial charge is 0.328 e. The number of rotatable bonds is 2. The van der Waals surface area contributed by atoms with E-state index >= 15 is 0 Å². The molecule has 0 saturated carbocycles. The number of urea groups is 1. The summed E-state index contributed by atoms with van der Waals surface area (Å²) in [5.74, 6) is -1.29. The highest BCUT2D eigenvalue weighted by molar-refractivity contribution is 5.85. The Labute approximate surface area is 123 Å². The van der Waals surface area contributed by atoms with Crippen LogP contribution in [0.2, 0.25) is 0 Å². The quantitative estimate of drug-likeness (QED) is 0.766. The summed E-state index contributed by atoms with van der Waals surface area (Å²) in [5.41, 5.74) is -0.908. The van der Waals surface area contributed by atoms with Crippen molar-refractivity contribution in [3.8, 4) is 0 Å². The molecule has 0 spiro atoms. The van der Waals surface area contributed by atoms with E-state index in [4.69, 9.17) is 4.74 Å². The van der Waals surface area contributed by atoms with E-state index in [1.807, 2.05) is 0 Å². The largest absolute Gasteiger partial charge is 0.481 e. The Morgan fingerprint density at radius 3 is 2.57 bits per heavy atom. The summed E-state index contributed by atoms with van der Waals surface area (Å²) < 4.78 is 4.74. The number of hydrogen-bond acceptors (Lipinski definition) is 4. The highest BCUT2D eigenvalue weighted by Gasteiger charge is 2.43. The van der Waals surface area contributed by atoms with Gasteiger partial charge in [0.1, 0.15) is 6.04 Å². The van der Waals surface area contributed by atoms with Gasteiger partial charge in [0.2, 0.25) is 0 Å². The molecule has 0 aromatic heterocycles. The van der Waals surface area contributed by atoms with Crippen molar-refractivity contribution < 1.29 is 24.2 Å². The maximum absolute atomic E-state index is 12.6. The number of piperidine rings is 1. The molecule has 0 bridgehead atoms. The zero-order chi connectivity index (χ0) is 15.6. The van der Waals surface area contributed by atoms with Crippen LogP contribution in [0.25, 0.3) is 0 Å². The lowest BCUT2D eigenvalue weighted by atomic mass is 9.82. The fraction of sp³-hybridized carbons (Fsp3) is 0.786. The highest BCUT2D eigenvalue weighted by atomic mass is 16.5. The van der Waals surface area contributed by atoms with Crippen LogP contribution < -0.4 is 0 Å². The standard InChI is InChI=1S/C14H22N2O5/c1-14(12(18)19)6-4-7-15(9-14)13(20)16-8-3-5-10(16)11(17)21-2/h10H,3-9H2,1-2H3,(H,18,19). The van der Waals surface area contributed by atoms with E-state index < -0.39 is 23.4 Å². The summed E-state index contributed by atoms with van der Waals surface area (Å²) in [6.45, 7) is 2.90. The van der Waals surface area contributed by atoms with Crippen LogP contribution in [0, 0.1) is 5.41 Å². The molecule has 0 radical (unpaired) electrons. The summed E-state index contributed by atoms with van der Waals surface area (Å²) in [4.78, 5) is 38.7. The van der Waals surface area contributed by atoms with E-state index in [-0.39, 0.29) is 12.6 Å². The zero-order valence-corrected chi connectivity index (χ0v) is 12.5. The Morgan fingerprint density at radius 2 is 1.95 bits per heavy atom. The first-order chi connectivity index (χ1) is 9.89. The number of carbonyl (C=O) groups is 3. The summed E-state index contributed by atoms with van der Waals surface area (Å²) in [5, 5.41) is 9.31. The van der Waals surface area contributed by atoms with Crippen LogP contribution in [0.3, 0.4) is 0 Å². The maximum atomic E-state index is 12.6. The normalized spacial score (nSPS) is 29.3. The third-order valence-corrected chi connectivity index (χ3v) is 4.46. The lowest BCUT2D eigenvalue weighted by Gasteiger charge is -2.39. The van der Waals surface area contributed by atoms with Gasteiger partial charge in [-0.25, -0.2) is 9.59 Å². The lowest BCUT2D eigenvalue weighted by Crippen LogP contribution is -2.54. The molecular formula is C14H22N2O5. The highest BCUT2D eigenvalue weighted by Crippen LogP contribution is 2.31. The molecular weight excluding hydrogens is 276 g/mol. The van der Waals surface area contributed by atoms with Crippen molar-refractivity contribution in [1.29, 1.82) is 0 Å². The van der Waals surface area contributed by atoms with Crippen molar-refractivity contribution >= 4 is 18.0 Å². The van der Waals surface area contributed by atoms with Crippen LogP contribution in [0.1, 0.15) is 32.6 Å². The number of aliphatic carboxylic acids is 1. The second-order valence-corrected chi connectivity index (χ2v) is 6.05. The third kappa shape index (κ3) is 2.96. The molecule has 2 aliphatic heterocycles. The Morgan fingerprint density at radius 1 is 1.24 bits per heavy atom. The number of likely N-dealkylation sites (tertiary alicyclic amines) is 2. The SMILES string of the molecule is COC(=O)C1CCCN1C(=O)N1CCCC(C)(C(=O)O)C1. The van der Waals surface area contributed by atoms with Crippen molar-refractivity contribution in [2.45, 2.75) is 38.6 Å². The van der Waals surface area contributed by atoms with Crippen LogP contribution in [0.5, 0.6) is 0 Å². The minimum absolute atomic E-state index is 0.186. The molecule has 2 rings (SSSR count). The topological polar surface area (TPSA) is 87.2 Å². The average Bonchev–Trinajstić information content (AvgIpc) is 2.95. The molecule has 7 nitrogen and oxygen atoms in total. The first-order valence-corrected chi connectivity index (χ1v) is 7.26. The number of ether oxygens (including phenoxy) is 1. The van der Waals surface area contributed by atoms with Crippen LogP contribution in [0.4, 0.5) is 4.79 Å². The Balaban J connectivity index is 2.09. The Bertz CT molecular complexity index is 453. The molecule has 2 fully saturated rings. The minimum Gasteiger partial charge on any atom is -0.481 e. The minimum atomic E-state index is -0.908. The molecule has 2 unspecified atom stereocenters. The molecule has 7 heteroatoms. The summed E-state index contributed by atoms with van der Waals surface area (Å²) in [7, 11) is 1.31. The van der Waals surface area contributed by atoms with Gasteiger partial charge in [0.05, 0.1) is 12.5 Å². The van der Waals surface area contributed by atoms with Crippen LogP contribution in [-0.2, 0) is 14.3 Å². The Kier molecular flexibility index (Phi) is 4.39. The molecule has 2 atom stereocenters. The first-order valence-electron chi connectivity index (χ1n) is 7.26. The van der Waals surface area contributed by atoms with Gasteiger partial charge in [-0.15, -0.1) is 0 Å². The van der Waals surface area contributed by atoms with Crippen molar-refractivity contribution in [2.75, 3.05) is 26.7 Å². The second-order valence-electron chi connectivity index (χ2n) is 6.05. The van der Waals surface area contributed by atoms with Gasteiger partial charge in [0, 0.05) is 19.6 Å². The Hall–Kier alpha value is -1.79. The fourth-order valence-corrected chi connectivity index (χ4v) is 3.14. The molecule has 0 aromatic carbocycles. The van der Waals surface area contributed by atoms with Crippen molar-refractivity contribution in [3.63, 3.8) is 0 Å². The molecule has 0 aliphatic carbocycles. The molecule has 2 aliphatic rings. The monoisotopic (exact) mass is 298 g/mol. The van der Waals surface area contributed by atoms with Gasteiger partial charge in [-0.3, -0.25) is 4.79 Å². The molecule has 0 aromatic rings. The summed E-state index contributed by atoms with van der Waals surface area (Å²) in [6.07, 6.45) is 2.58. The van der Waals surface area contributed by atoms with E-state index in [1.165, 1.54) is 12.0 Å². The number of methoxy groups -OCH3 is 1. The van der Waals surface area contributed by atoms with Crippen LogP contribution in [-0.4, -0.2) is 65.7 Å². The van der Waals surface area contributed by atoms with Gasteiger partial charge in [0.25, 0.3) is 0 Å². The van der Waals surface area contributed by atoms with E-state index in [1.54, 1.807) is 11.8 Å². The van der Waals surface area contributed by atoms with E-state index in [2.05, 4.69) is 0 Å². The number of carbonyl (C=O) groups excluding carboxylic acids is 2. The maximum Gasteiger partial charge on any atom is 0.328 e. The number of nitrogens with zero attached hydrogens (tertiary/aromatic N) is 2. The predicted octanol–water partition coefficient (Wildman–Crippen LogP) is 0.930. The van der Waals surface area contributed by atoms with Gasteiger partial charge >= 0.3 is 18.0 Å². The molecule has 118 valence electrons. The summed E-state index contributed by atoms with van der Waals surface area (Å²) >= 11 is 0. The molecule has 1 N–H and O–H groups in total. The first kappa shape index (κ1) is 15.6. The lowest BCUT2D eigenvalue weighted by molar-refractivity contribution is -0.151. The molecule has 2 heterocycles. The number of esters is 1. The van der Waals surface area contributed by atoms with Gasteiger partial charge in [0.15, 0.2) is 0 Å². The van der Waals surface area contributed by atoms with Crippen molar-refractivity contribution in [3.05, 3.63) is 0 Å². The summed E-state index contributed by atoms with van der Waals surface area (Å²) in [6, 6.07) is -0.796. The second kappa shape index (κ2) is 5.91. The van der Waals surface area contributed by atoms with Crippen molar-refractivity contribution in [2.24, 2.45) is 5.41 Å². The zero-order valence-electron chi connectivity index (χ0n) is 12.5. The van der Waals surface area contributed by atoms with Crippen molar-refractivity contribution in [1.82, 2.24) is 9.80 Å². The predicted molar refractivity (Wildman–Crippen MR) is 73.7 cm³/mol. The van der Waals surface area contributed by atoms with E-state index in [0.29, 0.717) is 32.4 Å². The number of carboxylic acids is 1. The van der Waals surface area contributed by atoms with Gasteiger partial charge in [-0.05, 0) is 32.6 Å². The van der Waals surface area contributed by atoms with E-state index in [9.17, 15) is 19.5 Å². The molecule has 2 saturated heterocycles. The number of hydrogen-bond donors (Lipinski definition) is 1. The number of amides is 2. The average molecular weight is 298 g/mol. The van der Waals surface area contributed by atoms with Gasteiger partial charge in [-0.2, -0.15) is 0 Å². The van der Waals surface area contributed by atoms with E-state index in [0.717, 1.165) is 6.42 Å². The third-order valence-electron chi connectivity index (χ3n) is 4.46. The van der Waals surface area contributed by atoms with Crippen LogP contribution in [0.15, 0.2) is 0 Å². The number of carboxylic acid groups (broad SMARTS) is 1. The molecule has 2 amide bonds. The van der Waals surface area contributed by atoms with Gasteiger partial charge < -0.3 is 19.6 Å². The van der Waals surface area contributed by atoms with Gasteiger partial charge in [-0.1, -0.05) is 0 Å². The fourth-order valence-electron chi connectivity index (χ4n) is 3.14. The molecule has 21 heavy (non-hydrogen) atoms.